The van der Waals surface area contributed by atoms with Crippen molar-refractivity contribution in [1.82, 2.24) is 15.0 Å². The maximum absolute atomic E-state index is 12.8. The summed E-state index contributed by atoms with van der Waals surface area (Å²) < 4.78 is 12.2. The third kappa shape index (κ3) is 4.50. The number of fused-ring (bicyclic) bond motifs is 1. The fraction of sp³-hybridized carbons (Fsp3) is 0.250. The Hall–Kier alpha value is -4.56. The summed E-state index contributed by atoms with van der Waals surface area (Å²) in [6.45, 7) is 8.13. The lowest BCUT2D eigenvalue weighted by molar-refractivity contribution is -0.160. The summed E-state index contributed by atoms with van der Waals surface area (Å²) in [5.74, 6) is -0.0449. The van der Waals surface area contributed by atoms with Crippen LogP contribution in [0.2, 0.25) is 0 Å². The number of carboxylic acids is 1. The summed E-state index contributed by atoms with van der Waals surface area (Å²) >= 11 is 0. The number of pyridine rings is 1. The zero-order chi connectivity index (χ0) is 28.2. The maximum atomic E-state index is 12.8. The van der Waals surface area contributed by atoms with E-state index in [9.17, 15) is 9.90 Å². The number of nitrogens with zero attached hydrogens (tertiary/aromatic N) is 3. The average Bonchev–Trinajstić information content (AvgIpc) is 2.91. The van der Waals surface area contributed by atoms with E-state index in [1.807, 2.05) is 70.3 Å². The molecule has 5 aromatic rings. The van der Waals surface area contributed by atoms with Gasteiger partial charge in [-0.15, -0.1) is 0 Å². The third-order valence-electron chi connectivity index (χ3n) is 7.19. The van der Waals surface area contributed by atoms with Crippen molar-refractivity contribution in [1.29, 1.82) is 0 Å². The van der Waals surface area contributed by atoms with Crippen molar-refractivity contribution in [3.63, 3.8) is 0 Å². The lowest BCUT2D eigenvalue weighted by Gasteiger charge is -2.29. The van der Waals surface area contributed by atoms with Gasteiger partial charge in [0.2, 0.25) is 5.95 Å². The zero-order valence-corrected chi connectivity index (χ0v) is 22.9. The maximum Gasteiger partial charge on any atom is 0.337 e. The molecule has 0 radical (unpaired) electrons. The number of aromatic nitrogens is 3. The van der Waals surface area contributed by atoms with Crippen molar-refractivity contribution in [3.05, 3.63) is 77.7 Å². The molecule has 8 nitrogen and oxygen atoms in total. The number of aliphatic carboxylic acids is 1. The van der Waals surface area contributed by atoms with Gasteiger partial charge in [-0.1, -0.05) is 18.2 Å². The van der Waals surface area contributed by atoms with Crippen LogP contribution in [0.4, 0.5) is 5.95 Å². The standard InChI is InChI=1S/C32H30N4O4/c1-17-13-20-14-19(21-15-35-31(33)36-16-21)5-6-22(20)27(25(17)29(30(37)38)40-32(2,3)4)23-7-8-24-26-18(10-12-39-24)9-11-34-28(23)26/h5-9,11,13-16,29H,10,12H2,1-4H3,(H,37,38)(H2,33,35,36)/t29-/m0/s1. The van der Waals surface area contributed by atoms with Crippen LogP contribution in [0.5, 0.6) is 5.75 Å². The molecule has 3 heterocycles. The van der Waals surface area contributed by atoms with Crippen LogP contribution in [-0.2, 0) is 16.0 Å². The highest BCUT2D eigenvalue weighted by Gasteiger charge is 2.32. The first kappa shape index (κ1) is 25.7. The van der Waals surface area contributed by atoms with Crippen LogP contribution in [0, 0.1) is 6.92 Å². The average molecular weight is 535 g/mol. The molecule has 40 heavy (non-hydrogen) atoms. The SMILES string of the molecule is Cc1cc2cc(-c3cnc(N)nc3)ccc2c(-c2ccc3c4c(ccnc24)CCO3)c1[C@H](OC(C)(C)C)C(=O)O. The topological polar surface area (TPSA) is 120 Å². The molecule has 0 aliphatic carbocycles. The molecule has 0 bridgehead atoms. The lowest BCUT2D eigenvalue weighted by Crippen LogP contribution is -2.28. The number of rotatable bonds is 5. The molecular formula is C32H30N4O4. The highest BCUT2D eigenvalue weighted by atomic mass is 16.5. The van der Waals surface area contributed by atoms with Gasteiger partial charge in [-0.3, -0.25) is 4.98 Å². The Morgan fingerprint density at radius 1 is 1.05 bits per heavy atom. The molecule has 6 rings (SSSR count). The molecule has 0 saturated carbocycles. The molecule has 1 aliphatic rings. The van der Waals surface area contributed by atoms with Gasteiger partial charge < -0.3 is 20.3 Å². The molecule has 8 heteroatoms. The Morgan fingerprint density at radius 2 is 1.82 bits per heavy atom. The summed E-state index contributed by atoms with van der Waals surface area (Å²) in [6, 6.07) is 14.0. The quantitative estimate of drug-likeness (QED) is 0.270. The Bertz CT molecular complexity index is 1780. The van der Waals surface area contributed by atoms with E-state index in [0.717, 1.165) is 67.2 Å². The molecule has 3 N–H and O–H groups in total. The molecule has 0 fully saturated rings. The number of hydrogen-bond acceptors (Lipinski definition) is 7. The third-order valence-corrected chi connectivity index (χ3v) is 7.19. The number of benzene rings is 3. The normalized spacial score (nSPS) is 13.8. The lowest BCUT2D eigenvalue weighted by atomic mass is 9.85. The second kappa shape index (κ2) is 9.57. The van der Waals surface area contributed by atoms with Crippen LogP contribution in [0.3, 0.4) is 0 Å². The highest BCUT2D eigenvalue weighted by molar-refractivity contribution is 6.09. The van der Waals surface area contributed by atoms with E-state index in [-0.39, 0.29) is 5.95 Å². The van der Waals surface area contributed by atoms with E-state index in [1.165, 1.54) is 0 Å². The number of anilines is 1. The van der Waals surface area contributed by atoms with Gasteiger partial charge in [0.05, 0.1) is 17.7 Å². The first-order chi connectivity index (χ1) is 19.1. The summed E-state index contributed by atoms with van der Waals surface area (Å²) in [4.78, 5) is 25.8. The molecule has 0 spiro atoms. The number of nitrogens with two attached hydrogens (primary N) is 1. The van der Waals surface area contributed by atoms with Crippen molar-refractivity contribution in [2.45, 2.75) is 45.8 Å². The molecule has 0 amide bonds. The zero-order valence-electron chi connectivity index (χ0n) is 22.9. The summed E-state index contributed by atoms with van der Waals surface area (Å²) in [6.07, 6.45) is 4.80. The fourth-order valence-electron chi connectivity index (χ4n) is 5.55. The number of carbonyl (C=O) groups is 1. The minimum Gasteiger partial charge on any atom is -0.493 e. The minimum atomic E-state index is -1.19. The van der Waals surface area contributed by atoms with E-state index >= 15 is 0 Å². The second-order valence-electron chi connectivity index (χ2n) is 11.1. The van der Waals surface area contributed by atoms with Gasteiger partial charge in [0.15, 0.2) is 6.10 Å². The molecule has 0 saturated heterocycles. The molecule has 1 atom stereocenters. The molecule has 1 aliphatic heterocycles. The van der Waals surface area contributed by atoms with Crippen molar-refractivity contribution >= 4 is 33.6 Å². The van der Waals surface area contributed by atoms with Gasteiger partial charge in [0.1, 0.15) is 5.75 Å². The van der Waals surface area contributed by atoms with E-state index in [0.29, 0.717) is 12.2 Å². The highest BCUT2D eigenvalue weighted by Crippen LogP contribution is 2.45. The monoisotopic (exact) mass is 534 g/mol. The Labute approximate surface area is 231 Å². The molecule has 2 aromatic heterocycles. The van der Waals surface area contributed by atoms with Gasteiger partial charge in [-0.2, -0.15) is 0 Å². The van der Waals surface area contributed by atoms with E-state index < -0.39 is 17.7 Å². The summed E-state index contributed by atoms with van der Waals surface area (Å²) in [5, 5.41) is 13.2. The van der Waals surface area contributed by atoms with Crippen LogP contribution in [0.25, 0.3) is 43.9 Å². The van der Waals surface area contributed by atoms with Gasteiger partial charge >= 0.3 is 5.97 Å². The van der Waals surface area contributed by atoms with Crippen molar-refractivity contribution in [2.24, 2.45) is 0 Å². The van der Waals surface area contributed by atoms with Gasteiger partial charge in [-0.25, -0.2) is 14.8 Å². The summed E-state index contributed by atoms with van der Waals surface area (Å²) in [7, 11) is 0. The predicted molar refractivity (Wildman–Crippen MR) is 155 cm³/mol. The molecular weight excluding hydrogens is 504 g/mol. The van der Waals surface area contributed by atoms with Crippen LogP contribution >= 0.6 is 0 Å². The number of hydrogen-bond donors (Lipinski definition) is 2. The van der Waals surface area contributed by atoms with E-state index in [4.69, 9.17) is 20.2 Å². The number of carboxylic acid groups (broad SMARTS) is 1. The molecule has 3 aromatic carbocycles. The predicted octanol–water partition coefficient (Wildman–Crippen LogP) is 6.28. The minimum absolute atomic E-state index is 0.213. The molecule has 0 unspecified atom stereocenters. The van der Waals surface area contributed by atoms with Crippen molar-refractivity contribution in [3.8, 4) is 28.0 Å². The Kier molecular flexibility index (Phi) is 6.15. The van der Waals surface area contributed by atoms with Gasteiger partial charge in [0.25, 0.3) is 0 Å². The first-order valence-corrected chi connectivity index (χ1v) is 13.2. The van der Waals surface area contributed by atoms with E-state index in [1.54, 1.807) is 12.4 Å². The van der Waals surface area contributed by atoms with Gasteiger partial charge in [-0.05, 0) is 85.0 Å². The smallest absolute Gasteiger partial charge is 0.337 e. The van der Waals surface area contributed by atoms with Crippen molar-refractivity contribution < 1.29 is 19.4 Å². The molecule has 202 valence electrons. The van der Waals surface area contributed by atoms with Crippen LogP contribution in [0.15, 0.2) is 61.1 Å². The number of ether oxygens (including phenoxy) is 2. The van der Waals surface area contributed by atoms with Crippen LogP contribution in [0.1, 0.15) is 43.6 Å². The largest absolute Gasteiger partial charge is 0.493 e. The summed E-state index contributed by atoms with van der Waals surface area (Å²) in [5.41, 5.74) is 11.7. The fourth-order valence-corrected chi connectivity index (χ4v) is 5.55. The Morgan fingerprint density at radius 3 is 2.55 bits per heavy atom. The van der Waals surface area contributed by atoms with Crippen LogP contribution in [-0.4, -0.2) is 38.2 Å². The van der Waals surface area contributed by atoms with Gasteiger partial charge in [0, 0.05) is 47.1 Å². The number of nitrogen functional groups attached to an aromatic ring is 1. The van der Waals surface area contributed by atoms with E-state index in [2.05, 4.69) is 16.0 Å². The first-order valence-electron chi connectivity index (χ1n) is 13.2. The van der Waals surface area contributed by atoms with Crippen molar-refractivity contribution in [2.75, 3.05) is 12.3 Å². The second-order valence-corrected chi connectivity index (χ2v) is 11.1. The number of aryl methyl sites for hydroxylation is 1. The Balaban J connectivity index is 1.69. The van der Waals surface area contributed by atoms with Crippen LogP contribution < -0.4 is 10.5 Å².